The Morgan fingerprint density at radius 1 is 1.07 bits per heavy atom. The lowest BCUT2D eigenvalue weighted by molar-refractivity contribution is -0.197. The van der Waals surface area contributed by atoms with E-state index >= 15 is 0 Å². The molecule has 0 aromatic heterocycles. The third-order valence-corrected chi connectivity index (χ3v) is 10.2. The van der Waals surface area contributed by atoms with Crippen LogP contribution in [0.25, 0.3) is 0 Å². The van der Waals surface area contributed by atoms with Gasteiger partial charge in [0.25, 0.3) is 0 Å². The maximum Gasteiger partial charge on any atom is 0.339 e. The summed E-state index contributed by atoms with van der Waals surface area (Å²) >= 11 is 6.60. The fraction of sp³-hybridized carbons (Fsp3) is 0.571. The fourth-order valence-corrected chi connectivity index (χ4v) is 8.25. The summed E-state index contributed by atoms with van der Waals surface area (Å²) in [5.74, 6) is -0.966. The Labute approximate surface area is 215 Å². The van der Waals surface area contributed by atoms with Crippen LogP contribution in [0.1, 0.15) is 55.3 Å². The van der Waals surface area contributed by atoms with Gasteiger partial charge in [-0.1, -0.05) is 0 Å². The molecule has 0 spiro atoms. The van der Waals surface area contributed by atoms with Gasteiger partial charge in [-0.15, -0.1) is 0 Å². The molecule has 2 atom stereocenters. The van der Waals surface area contributed by atoms with E-state index in [1.807, 2.05) is 12.1 Å². The molecule has 0 radical (unpaired) electrons. The van der Waals surface area contributed by atoms with Crippen molar-refractivity contribution < 1.29 is 29.0 Å². The van der Waals surface area contributed by atoms with Crippen molar-refractivity contribution >= 4 is 85.7 Å². The first kappa shape index (κ1) is 23.0. The quantitative estimate of drug-likeness (QED) is 0.250. The first-order chi connectivity index (χ1) is 14.1. The number of ether oxygens (including phenoxy) is 2. The van der Waals surface area contributed by atoms with Crippen LogP contribution in [-0.2, 0) is 19.1 Å². The Morgan fingerprint density at radius 3 is 2.37 bits per heavy atom. The minimum atomic E-state index is -0.986. The molecular formula is C21H21I3O6. The smallest absolute Gasteiger partial charge is 0.339 e. The molecule has 162 valence electrons. The van der Waals surface area contributed by atoms with Crippen LogP contribution >= 0.6 is 67.8 Å². The maximum atomic E-state index is 13.2. The minimum Gasteiger partial charge on any atom is -0.481 e. The van der Waals surface area contributed by atoms with Crippen molar-refractivity contribution in [2.45, 2.75) is 50.5 Å². The average Bonchev–Trinajstić information content (AvgIpc) is 2.62. The maximum absolute atomic E-state index is 13.2. The number of esters is 2. The Bertz CT molecular complexity index is 900. The predicted molar refractivity (Wildman–Crippen MR) is 133 cm³/mol. The van der Waals surface area contributed by atoms with Crippen molar-refractivity contribution in [3.05, 3.63) is 28.4 Å². The Balaban J connectivity index is 1.55. The van der Waals surface area contributed by atoms with Gasteiger partial charge in [-0.2, -0.15) is 0 Å². The second-order valence-corrected chi connectivity index (χ2v) is 12.3. The van der Waals surface area contributed by atoms with E-state index in [4.69, 9.17) is 14.6 Å². The van der Waals surface area contributed by atoms with Crippen LogP contribution in [0, 0.1) is 28.0 Å². The molecule has 1 aromatic rings. The van der Waals surface area contributed by atoms with Gasteiger partial charge in [0, 0.05) is 17.1 Å². The zero-order chi connectivity index (χ0) is 21.7. The van der Waals surface area contributed by atoms with E-state index in [2.05, 4.69) is 67.8 Å². The molecule has 4 bridgehead atoms. The van der Waals surface area contributed by atoms with Gasteiger partial charge in [-0.25, -0.2) is 4.79 Å². The summed E-state index contributed by atoms with van der Waals surface area (Å²) < 4.78 is 14.4. The molecule has 0 heterocycles. The SMILES string of the molecule is O=C(O)CCOC(=O)C12CC3CC(CC(OC(=O)c4cc(I)cc(I)c4I)(C3)C1)C2. The lowest BCUT2D eigenvalue weighted by Crippen LogP contribution is -2.60. The van der Waals surface area contributed by atoms with E-state index in [-0.39, 0.29) is 25.0 Å². The molecule has 4 aliphatic carbocycles. The highest BCUT2D eigenvalue weighted by molar-refractivity contribution is 14.1. The zero-order valence-electron chi connectivity index (χ0n) is 16.1. The number of aliphatic carboxylic acids is 1. The zero-order valence-corrected chi connectivity index (χ0v) is 22.6. The number of carboxylic acids is 1. The molecule has 30 heavy (non-hydrogen) atoms. The molecule has 0 amide bonds. The minimum absolute atomic E-state index is 0.114. The van der Waals surface area contributed by atoms with Crippen molar-refractivity contribution in [3.8, 4) is 0 Å². The van der Waals surface area contributed by atoms with Crippen molar-refractivity contribution in [2.24, 2.45) is 17.3 Å². The number of hydrogen-bond donors (Lipinski definition) is 1. The highest BCUT2D eigenvalue weighted by atomic mass is 127. The summed E-state index contributed by atoms with van der Waals surface area (Å²) in [6.45, 7) is -0.114. The molecule has 1 N–H and O–H groups in total. The van der Waals surface area contributed by atoms with Crippen LogP contribution in [0.2, 0.25) is 0 Å². The fourth-order valence-electron chi connectivity index (χ4n) is 5.88. The summed E-state index contributed by atoms with van der Waals surface area (Å²) in [4.78, 5) is 36.9. The van der Waals surface area contributed by atoms with E-state index in [1.165, 1.54) is 0 Å². The lowest BCUT2D eigenvalue weighted by Gasteiger charge is -2.59. The molecule has 6 nitrogen and oxygen atoms in total. The molecule has 0 aliphatic heterocycles. The summed E-state index contributed by atoms with van der Waals surface area (Å²) in [5.41, 5.74) is -0.723. The van der Waals surface area contributed by atoms with E-state index in [0.717, 1.165) is 42.8 Å². The monoisotopic (exact) mass is 750 g/mol. The third-order valence-electron chi connectivity index (χ3n) is 6.51. The number of carbonyl (C=O) groups is 3. The summed E-state index contributed by atoms with van der Waals surface area (Å²) in [5, 5.41) is 8.82. The summed E-state index contributed by atoms with van der Waals surface area (Å²) in [7, 11) is 0. The van der Waals surface area contributed by atoms with Crippen LogP contribution < -0.4 is 0 Å². The number of carboxylic acid groups (broad SMARTS) is 1. The van der Waals surface area contributed by atoms with Crippen LogP contribution in [-0.4, -0.2) is 35.2 Å². The van der Waals surface area contributed by atoms with Gasteiger partial charge < -0.3 is 14.6 Å². The van der Waals surface area contributed by atoms with Crippen molar-refractivity contribution in [3.63, 3.8) is 0 Å². The second kappa shape index (κ2) is 8.64. The molecule has 9 heteroatoms. The van der Waals surface area contributed by atoms with Crippen molar-refractivity contribution in [2.75, 3.05) is 6.61 Å². The third kappa shape index (κ3) is 4.48. The molecule has 4 fully saturated rings. The average molecular weight is 750 g/mol. The number of benzene rings is 1. The van der Waals surface area contributed by atoms with Crippen LogP contribution in [0.5, 0.6) is 0 Å². The molecule has 2 unspecified atom stereocenters. The van der Waals surface area contributed by atoms with Crippen molar-refractivity contribution in [1.29, 1.82) is 0 Å². The van der Waals surface area contributed by atoms with Crippen LogP contribution in [0.4, 0.5) is 0 Å². The Morgan fingerprint density at radius 2 is 1.73 bits per heavy atom. The summed E-state index contributed by atoms with van der Waals surface area (Å²) in [6, 6.07) is 3.87. The molecule has 4 aliphatic rings. The number of carbonyl (C=O) groups excluding carboxylic acids is 2. The highest BCUT2D eigenvalue weighted by Gasteiger charge is 2.63. The van der Waals surface area contributed by atoms with Gasteiger partial charge in [-0.05, 0) is 124 Å². The largest absolute Gasteiger partial charge is 0.481 e. The van der Waals surface area contributed by atoms with Gasteiger partial charge >= 0.3 is 17.9 Å². The van der Waals surface area contributed by atoms with E-state index < -0.39 is 17.0 Å². The van der Waals surface area contributed by atoms with Crippen LogP contribution in [0.3, 0.4) is 0 Å². The van der Waals surface area contributed by atoms with Crippen molar-refractivity contribution in [1.82, 2.24) is 0 Å². The number of halogens is 3. The molecule has 1 aromatic carbocycles. The second-order valence-electron chi connectivity index (χ2n) is 8.84. The van der Waals surface area contributed by atoms with E-state index in [9.17, 15) is 14.4 Å². The number of hydrogen-bond acceptors (Lipinski definition) is 5. The van der Waals surface area contributed by atoms with Gasteiger partial charge in [0.2, 0.25) is 0 Å². The first-order valence-corrected chi connectivity index (χ1v) is 13.1. The van der Waals surface area contributed by atoms with Crippen LogP contribution in [0.15, 0.2) is 12.1 Å². The molecular weight excluding hydrogens is 729 g/mol. The number of rotatable bonds is 6. The first-order valence-electron chi connectivity index (χ1n) is 9.88. The molecule has 0 saturated heterocycles. The van der Waals surface area contributed by atoms with Gasteiger partial charge in [0.05, 0.1) is 17.4 Å². The summed E-state index contributed by atoms with van der Waals surface area (Å²) in [6.07, 6.45) is 4.40. The van der Waals surface area contributed by atoms with Gasteiger partial charge in [0.1, 0.15) is 12.2 Å². The predicted octanol–water partition coefficient (Wildman–Crippen LogP) is 5.01. The normalized spacial score (nSPS) is 31.4. The topological polar surface area (TPSA) is 89.9 Å². The Kier molecular flexibility index (Phi) is 6.62. The molecule has 5 rings (SSSR count). The lowest BCUT2D eigenvalue weighted by atomic mass is 9.48. The molecule has 4 saturated carbocycles. The van der Waals surface area contributed by atoms with Gasteiger partial charge in [-0.3, -0.25) is 9.59 Å². The highest BCUT2D eigenvalue weighted by Crippen LogP contribution is 2.63. The standard InChI is InChI=1S/C21H21I3O6/c22-13-4-14(17(24)15(23)5-13)18(27)30-21-8-11-3-12(9-21)7-20(6-11,10-21)19(28)29-2-1-16(25)26/h4-5,11-12H,1-3,6-10H2,(H,25,26). The Hall–Kier alpha value is -0.180. The van der Waals surface area contributed by atoms with Gasteiger partial charge in [0.15, 0.2) is 0 Å². The van der Waals surface area contributed by atoms with E-state index in [0.29, 0.717) is 23.8 Å². The van der Waals surface area contributed by atoms with E-state index in [1.54, 1.807) is 0 Å².